The van der Waals surface area contributed by atoms with E-state index < -0.39 is 0 Å². The van der Waals surface area contributed by atoms with Crippen molar-refractivity contribution in [3.63, 3.8) is 0 Å². The number of pyridine rings is 1. The van der Waals surface area contributed by atoms with Gasteiger partial charge in [-0.05, 0) is 37.6 Å². The summed E-state index contributed by atoms with van der Waals surface area (Å²) in [6.45, 7) is 4.00. The van der Waals surface area contributed by atoms with Crippen molar-refractivity contribution in [2.75, 3.05) is 7.11 Å². The molecule has 5 heteroatoms. The Morgan fingerprint density at radius 2 is 2.09 bits per heavy atom. The number of nitrogen functional groups attached to an aromatic ring is 1. The van der Waals surface area contributed by atoms with Crippen LogP contribution >= 0.6 is 0 Å². The Balaban J connectivity index is 2.72. The van der Waals surface area contributed by atoms with Gasteiger partial charge in [0.1, 0.15) is 11.6 Å². The molecule has 1 heterocycles. The number of methoxy groups -OCH3 is 1. The molecule has 1 atom stereocenters. The van der Waals surface area contributed by atoms with Crippen LogP contribution in [0.1, 0.15) is 31.9 Å². The molecule has 2 aromatic rings. The second-order valence-electron chi connectivity index (χ2n) is 5.21. The van der Waals surface area contributed by atoms with Gasteiger partial charge >= 0.3 is 0 Å². The Hall–Kier alpha value is -2.56. The lowest BCUT2D eigenvalue weighted by atomic mass is 10.1. The number of nitrogens with one attached hydrogen (secondary N) is 1. The number of nitrogens with two attached hydrogens (primary N) is 1. The van der Waals surface area contributed by atoms with Gasteiger partial charge in [-0.25, -0.2) is 0 Å². The molecule has 0 aliphatic carbocycles. The average Bonchev–Trinajstić information content (AvgIpc) is 2.53. The van der Waals surface area contributed by atoms with Crippen molar-refractivity contribution in [3.8, 4) is 17.0 Å². The van der Waals surface area contributed by atoms with Crippen molar-refractivity contribution < 1.29 is 4.74 Å². The smallest absolute Gasteiger partial charge is 0.262 e. The molecule has 1 unspecified atom stereocenters. The maximum Gasteiger partial charge on any atom is 0.262 e. The zero-order chi connectivity index (χ0) is 16.3. The van der Waals surface area contributed by atoms with Crippen LogP contribution in [-0.2, 0) is 0 Å². The van der Waals surface area contributed by atoms with E-state index in [0.717, 1.165) is 23.4 Å². The molecule has 0 bridgehead atoms. The van der Waals surface area contributed by atoms with Crippen LogP contribution in [0.15, 0.2) is 41.2 Å². The van der Waals surface area contributed by atoms with Crippen molar-refractivity contribution in [3.05, 3.63) is 52.3 Å². The zero-order valence-electron chi connectivity index (χ0n) is 13.1. The molecule has 0 spiro atoms. The van der Waals surface area contributed by atoms with E-state index in [1.165, 1.54) is 0 Å². The van der Waals surface area contributed by atoms with E-state index in [-0.39, 0.29) is 23.0 Å². The summed E-state index contributed by atoms with van der Waals surface area (Å²) in [5.41, 5.74) is 7.19. The normalized spacial score (nSPS) is 12.0. The number of aromatic nitrogens is 1. The fourth-order valence-corrected chi connectivity index (χ4v) is 2.40. The fourth-order valence-electron chi connectivity index (χ4n) is 2.40. The summed E-state index contributed by atoms with van der Waals surface area (Å²) in [4.78, 5) is 12.7. The second-order valence-corrected chi connectivity index (χ2v) is 5.21. The van der Waals surface area contributed by atoms with Gasteiger partial charge in [0.2, 0.25) is 0 Å². The van der Waals surface area contributed by atoms with E-state index in [1.807, 2.05) is 44.2 Å². The standard InChI is InChI=1S/C17H21N3O2/c1-4-11(2)20-15(9-8-14(16(18)19)17(20)21)12-6-5-7-13(10-12)22-3/h5-11H,4H2,1-3H3,(H3,18,19). The number of amidine groups is 1. The van der Waals surface area contributed by atoms with Crippen molar-refractivity contribution in [1.82, 2.24) is 4.57 Å². The molecule has 0 aliphatic heterocycles. The maximum absolute atomic E-state index is 12.7. The predicted molar refractivity (Wildman–Crippen MR) is 88.7 cm³/mol. The minimum Gasteiger partial charge on any atom is -0.497 e. The third-order valence-corrected chi connectivity index (χ3v) is 3.80. The van der Waals surface area contributed by atoms with Crippen LogP contribution in [0.4, 0.5) is 0 Å². The van der Waals surface area contributed by atoms with Crippen LogP contribution in [-0.4, -0.2) is 17.5 Å². The number of hydrogen-bond acceptors (Lipinski definition) is 3. The van der Waals surface area contributed by atoms with Gasteiger partial charge < -0.3 is 15.0 Å². The summed E-state index contributed by atoms with van der Waals surface area (Å²) < 4.78 is 6.95. The number of ether oxygens (including phenoxy) is 1. The van der Waals surface area contributed by atoms with Gasteiger partial charge in [-0.15, -0.1) is 0 Å². The average molecular weight is 299 g/mol. The summed E-state index contributed by atoms with van der Waals surface area (Å²) in [7, 11) is 1.61. The van der Waals surface area contributed by atoms with E-state index in [1.54, 1.807) is 17.7 Å². The van der Waals surface area contributed by atoms with E-state index >= 15 is 0 Å². The SMILES string of the molecule is CCC(C)n1c(-c2cccc(OC)c2)ccc(C(=N)N)c1=O. The largest absolute Gasteiger partial charge is 0.497 e. The first kappa shape index (κ1) is 15.8. The lowest BCUT2D eigenvalue weighted by molar-refractivity contribution is 0.415. The zero-order valence-corrected chi connectivity index (χ0v) is 13.1. The van der Waals surface area contributed by atoms with Gasteiger partial charge in [0, 0.05) is 11.6 Å². The first-order valence-corrected chi connectivity index (χ1v) is 7.24. The molecule has 3 N–H and O–H groups in total. The number of rotatable bonds is 5. The first-order chi connectivity index (χ1) is 10.5. The van der Waals surface area contributed by atoms with Gasteiger partial charge in [-0.3, -0.25) is 10.2 Å². The van der Waals surface area contributed by atoms with Crippen LogP contribution in [0.3, 0.4) is 0 Å². The summed E-state index contributed by atoms with van der Waals surface area (Å²) in [6, 6.07) is 11.0. The van der Waals surface area contributed by atoms with E-state index in [9.17, 15) is 4.79 Å². The van der Waals surface area contributed by atoms with Gasteiger partial charge in [0.05, 0.1) is 18.4 Å². The Labute approximate surface area is 129 Å². The molecule has 2 rings (SSSR count). The molecule has 1 aromatic heterocycles. The third kappa shape index (κ3) is 2.88. The molecule has 0 amide bonds. The minimum atomic E-state index is -0.234. The van der Waals surface area contributed by atoms with Crippen molar-refractivity contribution >= 4 is 5.84 Å². The molecular weight excluding hydrogens is 278 g/mol. The third-order valence-electron chi connectivity index (χ3n) is 3.80. The Kier molecular flexibility index (Phi) is 4.65. The van der Waals surface area contributed by atoms with Gasteiger partial charge in [0.15, 0.2) is 0 Å². The van der Waals surface area contributed by atoms with E-state index in [0.29, 0.717) is 0 Å². The molecule has 5 nitrogen and oxygen atoms in total. The van der Waals surface area contributed by atoms with Crippen LogP contribution in [0.5, 0.6) is 5.75 Å². The van der Waals surface area contributed by atoms with Crippen LogP contribution in [0.25, 0.3) is 11.3 Å². The highest BCUT2D eigenvalue weighted by Gasteiger charge is 2.16. The molecule has 1 aromatic carbocycles. The molecule has 0 aliphatic rings. The lowest BCUT2D eigenvalue weighted by Crippen LogP contribution is -2.32. The fraction of sp³-hybridized carbons (Fsp3) is 0.294. The van der Waals surface area contributed by atoms with Gasteiger partial charge in [-0.1, -0.05) is 19.1 Å². The Bertz CT molecular complexity index is 750. The number of benzene rings is 1. The summed E-state index contributed by atoms with van der Waals surface area (Å²) in [5, 5.41) is 7.55. The van der Waals surface area contributed by atoms with Crippen molar-refractivity contribution in [2.45, 2.75) is 26.3 Å². The molecule has 0 radical (unpaired) electrons. The highest BCUT2D eigenvalue weighted by atomic mass is 16.5. The lowest BCUT2D eigenvalue weighted by Gasteiger charge is -2.20. The van der Waals surface area contributed by atoms with E-state index in [4.69, 9.17) is 15.9 Å². The quantitative estimate of drug-likeness (QED) is 0.658. The summed E-state index contributed by atoms with van der Waals surface area (Å²) in [5.74, 6) is 0.524. The summed E-state index contributed by atoms with van der Waals surface area (Å²) in [6.07, 6.45) is 0.804. The molecule has 0 saturated carbocycles. The van der Waals surface area contributed by atoms with Gasteiger partial charge in [0.25, 0.3) is 5.56 Å². The molecule has 116 valence electrons. The van der Waals surface area contributed by atoms with Crippen molar-refractivity contribution in [1.29, 1.82) is 5.41 Å². The highest BCUT2D eigenvalue weighted by molar-refractivity contribution is 5.94. The molecular formula is C17H21N3O2. The minimum absolute atomic E-state index is 0.00741. The highest BCUT2D eigenvalue weighted by Crippen LogP contribution is 2.26. The maximum atomic E-state index is 12.7. The molecule has 0 saturated heterocycles. The van der Waals surface area contributed by atoms with Crippen LogP contribution in [0, 0.1) is 5.41 Å². The Morgan fingerprint density at radius 1 is 1.36 bits per heavy atom. The van der Waals surface area contributed by atoms with Crippen LogP contribution < -0.4 is 16.0 Å². The van der Waals surface area contributed by atoms with Gasteiger partial charge in [-0.2, -0.15) is 0 Å². The first-order valence-electron chi connectivity index (χ1n) is 7.24. The predicted octanol–water partition coefficient (Wildman–Crippen LogP) is 2.78. The van der Waals surface area contributed by atoms with Crippen molar-refractivity contribution in [2.24, 2.45) is 5.73 Å². The molecule has 0 fully saturated rings. The second kappa shape index (κ2) is 6.47. The monoisotopic (exact) mass is 299 g/mol. The molecule has 22 heavy (non-hydrogen) atoms. The van der Waals surface area contributed by atoms with Crippen LogP contribution in [0.2, 0.25) is 0 Å². The Morgan fingerprint density at radius 3 is 2.68 bits per heavy atom. The number of hydrogen-bond donors (Lipinski definition) is 2. The van der Waals surface area contributed by atoms with E-state index in [2.05, 4.69) is 0 Å². The number of nitrogens with zero attached hydrogens (tertiary/aromatic N) is 1. The summed E-state index contributed by atoms with van der Waals surface area (Å²) >= 11 is 0. The topological polar surface area (TPSA) is 81.1 Å².